The van der Waals surface area contributed by atoms with Crippen LogP contribution in [0.3, 0.4) is 0 Å². The molecule has 16 heavy (non-hydrogen) atoms. The molecule has 0 aromatic heterocycles. The van der Waals surface area contributed by atoms with Gasteiger partial charge in [-0.2, -0.15) is 0 Å². The molecule has 0 spiro atoms. The van der Waals surface area contributed by atoms with Gasteiger partial charge in [0, 0.05) is 6.61 Å². The molecule has 1 fully saturated rings. The van der Waals surface area contributed by atoms with Crippen molar-refractivity contribution >= 4 is 8.32 Å². The average Bonchev–Trinajstić information content (AvgIpc) is 2.41. The van der Waals surface area contributed by atoms with Crippen molar-refractivity contribution in [3.63, 3.8) is 0 Å². The van der Waals surface area contributed by atoms with Gasteiger partial charge in [-0.15, -0.1) is 0 Å². The third-order valence-corrected chi connectivity index (χ3v) is 8.17. The Labute approximate surface area is 101 Å². The lowest BCUT2D eigenvalue weighted by molar-refractivity contribution is 0.111. The maximum Gasteiger partial charge on any atom is 0.192 e. The second-order valence-corrected chi connectivity index (χ2v) is 11.0. The van der Waals surface area contributed by atoms with Crippen LogP contribution in [0.2, 0.25) is 18.1 Å². The van der Waals surface area contributed by atoms with E-state index < -0.39 is 8.32 Å². The normalized spacial score (nSPS) is 24.2. The van der Waals surface area contributed by atoms with Gasteiger partial charge in [0.05, 0.1) is 19.3 Å². The monoisotopic (exact) mass is 245 g/mol. The van der Waals surface area contributed by atoms with Gasteiger partial charge >= 0.3 is 0 Å². The van der Waals surface area contributed by atoms with Crippen LogP contribution in [0.4, 0.5) is 0 Å². The van der Waals surface area contributed by atoms with Crippen LogP contribution in [0.15, 0.2) is 0 Å². The molecule has 1 N–H and O–H groups in total. The van der Waals surface area contributed by atoms with Crippen molar-refractivity contribution in [3.8, 4) is 0 Å². The Morgan fingerprint density at radius 2 is 2.06 bits per heavy atom. The molecule has 1 rings (SSSR count). The first kappa shape index (κ1) is 14.2. The molecule has 3 nitrogen and oxygen atoms in total. The van der Waals surface area contributed by atoms with Crippen LogP contribution >= 0.6 is 0 Å². The quantitative estimate of drug-likeness (QED) is 0.775. The number of ether oxygens (including phenoxy) is 1. The minimum absolute atomic E-state index is 0.290. The summed E-state index contributed by atoms with van der Waals surface area (Å²) in [4.78, 5) is 0. The summed E-state index contributed by atoms with van der Waals surface area (Å²) >= 11 is 0. The lowest BCUT2D eigenvalue weighted by Crippen LogP contribution is -2.46. The lowest BCUT2D eigenvalue weighted by atomic mass is 10.2. The van der Waals surface area contributed by atoms with Crippen molar-refractivity contribution in [2.45, 2.75) is 51.4 Å². The molecule has 1 heterocycles. The molecule has 0 saturated carbocycles. The van der Waals surface area contributed by atoms with E-state index in [2.05, 4.69) is 39.2 Å². The SMILES string of the molecule is CC(C)(C)[Si](C)(C)OCC1COCCCN1. The number of rotatable bonds is 3. The summed E-state index contributed by atoms with van der Waals surface area (Å²) in [6.07, 6.45) is 1.11. The Morgan fingerprint density at radius 3 is 2.69 bits per heavy atom. The largest absolute Gasteiger partial charge is 0.415 e. The third-order valence-electron chi connectivity index (χ3n) is 3.67. The van der Waals surface area contributed by atoms with Crippen LogP contribution in [0, 0.1) is 0 Å². The van der Waals surface area contributed by atoms with E-state index in [1.807, 2.05) is 0 Å². The van der Waals surface area contributed by atoms with Crippen LogP contribution in [0.25, 0.3) is 0 Å². The van der Waals surface area contributed by atoms with E-state index in [-0.39, 0.29) is 0 Å². The Kier molecular flexibility index (Phi) is 4.98. The van der Waals surface area contributed by atoms with E-state index in [9.17, 15) is 0 Å². The summed E-state index contributed by atoms with van der Waals surface area (Å²) in [5.41, 5.74) is 0. The highest BCUT2D eigenvalue weighted by molar-refractivity contribution is 6.74. The standard InChI is InChI=1S/C12H27NO2Si/c1-12(2,3)16(4,5)15-10-11-9-14-8-6-7-13-11/h11,13H,6-10H2,1-5H3. The first-order valence-electron chi connectivity index (χ1n) is 6.28. The van der Waals surface area contributed by atoms with E-state index in [0.29, 0.717) is 11.1 Å². The molecule has 1 aliphatic heterocycles. The molecular weight excluding hydrogens is 218 g/mol. The molecule has 0 aromatic rings. The van der Waals surface area contributed by atoms with Crippen LogP contribution in [-0.2, 0) is 9.16 Å². The third kappa shape index (κ3) is 4.16. The van der Waals surface area contributed by atoms with Gasteiger partial charge in [0.1, 0.15) is 0 Å². The fourth-order valence-electron chi connectivity index (χ4n) is 1.40. The zero-order valence-corrected chi connectivity index (χ0v) is 12.4. The topological polar surface area (TPSA) is 30.5 Å². The van der Waals surface area contributed by atoms with E-state index >= 15 is 0 Å². The van der Waals surface area contributed by atoms with E-state index in [4.69, 9.17) is 9.16 Å². The Morgan fingerprint density at radius 1 is 1.38 bits per heavy atom. The summed E-state index contributed by atoms with van der Waals surface area (Å²) < 4.78 is 11.7. The molecule has 1 atom stereocenters. The summed E-state index contributed by atoms with van der Waals surface area (Å²) in [6, 6.07) is 0.372. The molecule has 0 aromatic carbocycles. The molecule has 0 bridgehead atoms. The highest BCUT2D eigenvalue weighted by atomic mass is 28.4. The summed E-state index contributed by atoms with van der Waals surface area (Å²) in [5.74, 6) is 0. The van der Waals surface area contributed by atoms with Crippen molar-refractivity contribution in [2.24, 2.45) is 0 Å². The first-order valence-corrected chi connectivity index (χ1v) is 9.19. The van der Waals surface area contributed by atoms with Gasteiger partial charge in [0.15, 0.2) is 8.32 Å². The lowest BCUT2D eigenvalue weighted by Gasteiger charge is -2.37. The minimum atomic E-state index is -1.60. The Balaban J connectivity index is 2.37. The molecule has 0 radical (unpaired) electrons. The maximum atomic E-state index is 6.19. The van der Waals surface area contributed by atoms with Crippen molar-refractivity contribution < 1.29 is 9.16 Å². The van der Waals surface area contributed by atoms with Crippen LogP contribution in [0.1, 0.15) is 27.2 Å². The molecule has 1 saturated heterocycles. The van der Waals surface area contributed by atoms with Crippen molar-refractivity contribution in [2.75, 3.05) is 26.4 Å². The second-order valence-electron chi connectivity index (χ2n) is 6.15. The zero-order valence-electron chi connectivity index (χ0n) is 11.4. The highest BCUT2D eigenvalue weighted by Crippen LogP contribution is 2.36. The number of hydrogen-bond acceptors (Lipinski definition) is 3. The number of nitrogens with one attached hydrogen (secondary N) is 1. The van der Waals surface area contributed by atoms with Crippen LogP contribution in [-0.4, -0.2) is 40.7 Å². The predicted molar refractivity (Wildman–Crippen MR) is 70.4 cm³/mol. The van der Waals surface area contributed by atoms with E-state index in [0.717, 1.165) is 32.8 Å². The molecule has 96 valence electrons. The smallest absolute Gasteiger partial charge is 0.192 e. The molecule has 4 heteroatoms. The number of hydrogen-bond donors (Lipinski definition) is 1. The average molecular weight is 245 g/mol. The molecule has 0 amide bonds. The molecule has 1 unspecified atom stereocenters. The summed E-state index contributed by atoms with van der Waals surface area (Å²) in [7, 11) is -1.60. The van der Waals surface area contributed by atoms with Gasteiger partial charge in [-0.25, -0.2) is 0 Å². The molecule has 1 aliphatic rings. The van der Waals surface area contributed by atoms with Crippen LogP contribution < -0.4 is 5.32 Å². The summed E-state index contributed by atoms with van der Waals surface area (Å²) in [6.45, 7) is 14.9. The summed E-state index contributed by atoms with van der Waals surface area (Å²) in [5, 5.41) is 3.77. The van der Waals surface area contributed by atoms with Gasteiger partial charge in [0.2, 0.25) is 0 Å². The van der Waals surface area contributed by atoms with Gasteiger partial charge in [0.25, 0.3) is 0 Å². The van der Waals surface area contributed by atoms with Gasteiger partial charge < -0.3 is 14.5 Å². The first-order chi connectivity index (χ1) is 7.33. The zero-order chi connectivity index (χ0) is 12.2. The van der Waals surface area contributed by atoms with Crippen molar-refractivity contribution in [1.29, 1.82) is 0 Å². The second kappa shape index (κ2) is 5.62. The van der Waals surface area contributed by atoms with Crippen molar-refractivity contribution in [3.05, 3.63) is 0 Å². The minimum Gasteiger partial charge on any atom is -0.415 e. The van der Waals surface area contributed by atoms with Crippen LogP contribution in [0.5, 0.6) is 0 Å². The van der Waals surface area contributed by atoms with Gasteiger partial charge in [-0.3, -0.25) is 0 Å². The maximum absolute atomic E-state index is 6.19. The fraction of sp³-hybridized carbons (Fsp3) is 1.00. The molecule has 0 aliphatic carbocycles. The fourth-order valence-corrected chi connectivity index (χ4v) is 2.45. The predicted octanol–water partition coefficient (Wildman–Crippen LogP) is 2.39. The van der Waals surface area contributed by atoms with E-state index in [1.54, 1.807) is 0 Å². The molecular formula is C12H27NO2Si. The van der Waals surface area contributed by atoms with Gasteiger partial charge in [-0.05, 0) is 31.1 Å². The highest BCUT2D eigenvalue weighted by Gasteiger charge is 2.37. The Hall–Kier alpha value is 0.0969. The van der Waals surface area contributed by atoms with Crippen molar-refractivity contribution in [1.82, 2.24) is 5.32 Å². The Bertz CT molecular complexity index is 206. The van der Waals surface area contributed by atoms with E-state index in [1.165, 1.54) is 0 Å². The van der Waals surface area contributed by atoms with Gasteiger partial charge in [-0.1, -0.05) is 20.8 Å².